The van der Waals surface area contributed by atoms with Gasteiger partial charge in [0.2, 0.25) is 5.28 Å². The van der Waals surface area contributed by atoms with Gasteiger partial charge in [-0.05, 0) is 61.3 Å². The van der Waals surface area contributed by atoms with Crippen LogP contribution in [0.15, 0.2) is 30.6 Å². The van der Waals surface area contributed by atoms with Crippen LogP contribution in [0.3, 0.4) is 0 Å². The van der Waals surface area contributed by atoms with Crippen LogP contribution in [-0.2, 0) is 12.6 Å². The summed E-state index contributed by atoms with van der Waals surface area (Å²) in [5.41, 5.74) is 4.60. The molecule has 2 fully saturated rings. The third kappa shape index (κ3) is 4.80. The number of rotatable bonds is 5. The van der Waals surface area contributed by atoms with E-state index in [2.05, 4.69) is 24.9 Å². The first-order valence-corrected chi connectivity index (χ1v) is 11.8. The van der Waals surface area contributed by atoms with Gasteiger partial charge in [0.1, 0.15) is 0 Å². The normalized spacial score (nSPS) is 18.9. The summed E-state index contributed by atoms with van der Waals surface area (Å²) in [7, 11) is 0. The Morgan fingerprint density at radius 2 is 1.76 bits per heavy atom. The minimum Gasteiger partial charge on any atom is -0.312 e. The molecular formula is C23H26ClF3N6. The summed E-state index contributed by atoms with van der Waals surface area (Å²) >= 11 is 6.23. The number of nitrogens with one attached hydrogen (secondary N) is 1. The minimum absolute atomic E-state index is 0.170. The second kappa shape index (κ2) is 9.10. The third-order valence-corrected chi connectivity index (χ3v) is 6.99. The lowest BCUT2D eigenvalue weighted by atomic mass is 9.88. The first kappa shape index (κ1) is 22.4. The van der Waals surface area contributed by atoms with Gasteiger partial charge in [-0.1, -0.05) is 31.0 Å². The van der Waals surface area contributed by atoms with E-state index in [1.807, 2.05) is 11.3 Å². The van der Waals surface area contributed by atoms with Crippen LogP contribution >= 0.6 is 11.6 Å². The van der Waals surface area contributed by atoms with Crippen LogP contribution in [0.25, 0.3) is 11.2 Å². The zero-order valence-corrected chi connectivity index (χ0v) is 18.9. The molecule has 0 atom stereocenters. The summed E-state index contributed by atoms with van der Waals surface area (Å²) in [6, 6.07) is 6.27. The Balaban J connectivity index is 1.26. The Morgan fingerprint density at radius 1 is 1.03 bits per heavy atom. The number of benzene rings is 1. The van der Waals surface area contributed by atoms with Crippen LogP contribution in [0.1, 0.15) is 55.7 Å². The number of hydrazine groups is 1. The SMILES string of the molecule is FC(F)(F)c1ccccc1CC1CCN(Nc2nc(Cl)nc3c2ncn3C2CCCC2)CC1. The number of hydrogen-bond acceptors (Lipinski definition) is 5. The fourth-order valence-electron chi connectivity index (χ4n) is 5.10. The highest BCUT2D eigenvalue weighted by Crippen LogP contribution is 2.35. The van der Waals surface area contributed by atoms with Gasteiger partial charge < -0.3 is 9.99 Å². The van der Waals surface area contributed by atoms with Crippen LogP contribution in [0.4, 0.5) is 19.0 Å². The predicted molar refractivity (Wildman–Crippen MR) is 121 cm³/mol. The number of fused-ring (bicyclic) bond motifs is 1. The number of imidazole rings is 1. The molecule has 0 unspecified atom stereocenters. The van der Waals surface area contributed by atoms with Crippen molar-refractivity contribution in [2.24, 2.45) is 5.92 Å². The summed E-state index contributed by atoms with van der Waals surface area (Å²) < 4.78 is 42.1. The van der Waals surface area contributed by atoms with E-state index in [1.165, 1.54) is 25.0 Å². The lowest BCUT2D eigenvalue weighted by Crippen LogP contribution is -2.38. The second-order valence-corrected chi connectivity index (χ2v) is 9.34. The van der Waals surface area contributed by atoms with Gasteiger partial charge in [-0.15, -0.1) is 0 Å². The number of nitrogens with zero attached hydrogens (tertiary/aromatic N) is 5. The highest BCUT2D eigenvalue weighted by atomic mass is 35.5. The lowest BCUT2D eigenvalue weighted by molar-refractivity contribution is -0.138. The summed E-state index contributed by atoms with van der Waals surface area (Å²) in [5.74, 6) is 0.768. The number of anilines is 1. The number of hydrogen-bond donors (Lipinski definition) is 1. The third-order valence-electron chi connectivity index (χ3n) is 6.82. The molecule has 2 aromatic heterocycles. The van der Waals surface area contributed by atoms with Crippen molar-refractivity contribution in [3.63, 3.8) is 0 Å². The summed E-state index contributed by atoms with van der Waals surface area (Å²) in [6.45, 7) is 1.40. The smallest absolute Gasteiger partial charge is 0.312 e. The lowest BCUT2D eigenvalue weighted by Gasteiger charge is -2.32. The molecule has 3 aromatic rings. The van der Waals surface area contributed by atoms with Crippen LogP contribution in [0, 0.1) is 5.92 Å². The second-order valence-electron chi connectivity index (χ2n) is 9.00. The van der Waals surface area contributed by atoms with E-state index in [0.717, 1.165) is 31.3 Å². The Morgan fingerprint density at radius 3 is 2.48 bits per heavy atom. The molecular weight excluding hydrogens is 453 g/mol. The van der Waals surface area contributed by atoms with Gasteiger partial charge >= 0.3 is 6.18 Å². The molecule has 0 radical (unpaired) electrons. The van der Waals surface area contributed by atoms with Crippen molar-refractivity contribution in [1.82, 2.24) is 24.5 Å². The molecule has 2 aliphatic rings. The highest BCUT2D eigenvalue weighted by molar-refractivity contribution is 6.28. The molecule has 1 N–H and O–H groups in total. The average molecular weight is 479 g/mol. The Bertz CT molecular complexity index is 1120. The number of alkyl halides is 3. The molecule has 1 aliphatic heterocycles. The molecule has 1 saturated heterocycles. The molecule has 0 spiro atoms. The van der Waals surface area contributed by atoms with Gasteiger partial charge in [-0.3, -0.25) is 0 Å². The van der Waals surface area contributed by atoms with E-state index in [4.69, 9.17) is 11.6 Å². The molecule has 5 rings (SSSR count). The van der Waals surface area contributed by atoms with Crippen molar-refractivity contribution in [2.75, 3.05) is 18.5 Å². The number of aromatic nitrogens is 4. The predicted octanol–water partition coefficient (Wildman–Crippen LogP) is 5.90. The van der Waals surface area contributed by atoms with Crippen LogP contribution < -0.4 is 5.43 Å². The van der Waals surface area contributed by atoms with Gasteiger partial charge in [-0.25, -0.2) is 9.99 Å². The standard InChI is InChI=1S/C23H26ClF3N6/c24-22-29-20(19-21(30-22)33(14-28-19)17-6-2-3-7-17)31-32-11-9-15(10-12-32)13-16-5-1-4-8-18(16)23(25,26)27/h1,4-5,8,14-15,17H,2-3,6-7,9-13H2,(H,29,30,31). The highest BCUT2D eigenvalue weighted by Gasteiger charge is 2.34. The zero-order valence-electron chi connectivity index (χ0n) is 18.2. The van der Waals surface area contributed by atoms with Crippen LogP contribution in [0.2, 0.25) is 5.28 Å². The first-order chi connectivity index (χ1) is 15.9. The molecule has 0 amide bonds. The van der Waals surface area contributed by atoms with Crippen LogP contribution in [-0.4, -0.2) is 37.6 Å². The van der Waals surface area contributed by atoms with Crippen LogP contribution in [0.5, 0.6) is 0 Å². The molecule has 1 saturated carbocycles. The molecule has 3 heterocycles. The maximum atomic E-state index is 13.3. The Kier molecular flexibility index (Phi) is 6.18. The number of piperidine rings is 1. The van der Waals surface area contributed by atoms with Gasteiger partial charge in [-0.2, -0.15) is 23.1 Å². The molecule has 33 heavy (non-hydrogen) atoms. The Hall–Kier alpha value is -2.39. The van der Waals surface area contributed by atoms with E-state index in [1.54, 1.807) is 12.1 Å². The van der Waals surface area contributed by atoms with E-state index >= 15 is 0 Å². The minimum atomic E-state index is -4.32. The first-order valence-electron chi connectivity index (χ1n) is 11.5. The summed E-state index contributed by atoms with van der Waals surface area (Å²) in [4.78, 5) is 13.3. The summed E-state index contributed by atoms with van der Waals surface area (Å²) in [6.07, 6.45) is 4.14. The fourth-order valence-corrected chi connectivity index (χ4v) is 5.27. The maximum Gasteiger partial charge on any atom is 0.416 e. The average Bonchev–Trinajstić information content (AvgIpc) is 3.44. The van der Waals surface area contributed by atoms with Crippen molar-refractivity contribution >= 4 is 28.6 Å². The van der Waals surface area contributed by atoms with Crippen molar-refractivity contribution in [3.05, 3.63) is 47.0 Å². The zero-order chi connectivity index (χ0) is 23.0. The quantitative estimate of drug-likeness (QED) is 0.463. The van der Waals surface area contributed by atoms with Gasteiger partial charge in [0.15, 0.2) is 17.0 Å². The van der Waals surface area contributed by atoms with E-state index < -0.39 is 11.7 Å². The van der Waals surface area contributed by atoms with E-state index in [9.17, 15) is 13.2 Å². The molecule has 0 bridgehead atoms. The molecule has 176 valence electrons. The van der Waals surface area contributed by atoms with Crippen molar-refractivity contribution in [2.45, 2.75) is 57.2 Å². The van der Waals surface area contributed by atoms with E-state index in [0.29, 0.717) is 42.5 Å². The largest absolute Gasteiger partial charge is 0.416 e. The molecule has 6 nitrogen and oxygen atoms in total. The topological polar surface area (TPSA) is 58.9 Å². The Labute approximate surface area is 195 Å². The molecule has 1 aromatic carbocycles. The fraction of sp³-hybridized carbons (Fsp3) is 0.522. The van der Waals surface area contributed by atoms with Gasteiger partial charge in [0.05, 0.1) is 11.9 Å². The molecule has 1 aliphatic carbocycles. The summed E-state index contributed by atoms with van der Waals surface area (Å²) in [5, 5.41) is 2.21. The van der Waals surface area contributed by atoms with Crippen molar-refractivity contribution < 1.29 is 13.2 Å². The monoisotopic (exact) mass is 478 g/mol. The van der Waals surface area contributed by atoms with Gasteiger partial charge in [0.25, 0.3) is 0 Å². The van der Waals surface area contributed by atoms with E-state index in [-0.39, 0.29) is 11.2 Å². The number of halogens is 4. The van der Waals surface area contributed by atoms with Gasteiger partial charge in [0, 0.05) is 19.1 Å². The van der Waals surface area contributed by atoms with Crippen molar-refractivity contribution in [3.8, 4) is 0 Å². The maximum absolute atomic E-state index is 13.3. The molecule has 10 heteroatoms. The van der Waals surface area contributed by atoms with Crippen molar-refractivity contribution in [1.29, 1.82) is 0 Å².